The molecule has 6 heteroatoms. The number of ketones is 1. The number of rotatable bonds is 7. The molecule has 6 nitrogen and oxygen atoms in total. The highest BCUT2D eigenvalue weighted by atomic mass is 16.5. The third-order valence-electron chi connectivity index (χ3n) is 5.88. The van der Waals surface area contributed by atoms with Crippen molar-refractivity contribution in [2.75, 3.05) is 24.9 Å². The summed E-state index contributed by atoms with van der Waals surface area (Å²) in [5, 5.41) is 7.30. The number of fused-ring (bicyclic) bond motifs is 1. The quantitative estimate of drug-likeness (QED) is 0.572. The summed E-state index contributed by atoms with van der Waals surface area (Å²) in [6, 6.07) is 17.5. The van der Waals surface area contributed by atoms with Gasteiger partial charge in [-0.2, -0.15) is 0 Å². The fraction of sp³-hybridized carbons (Fsp3) is 0.280. The standard InChI is InChI=1S/C25H27N3O3/c1-5-20(29)23-18-10-8-9-16(2)24(18)28-25(23,17-13-14-22(31-4)26-15-17)27-19-11-6-7-12-21(19)30-3/h6-15,23,27-28H,5H2,1-4H3. The van der Waals surface area contributed by atoms with Crippen molar-refractivity contribution < 1.29 is 14.3 Å². The lowest BCUT2D eigenvalue weighted by molar-refractivity contribution is -0.121. The summed E-state index contributed by atoms with van der Waals surface area (Å²) in [5.74, 6) is 0.893. The van der Waals surface area contributed by atoms with Gasteiger partial charge in [0.2, 0.25) is 5.88 Å². The Hall–Kier alpha value is -3.54. The van der Waals surface area contributed by atoms with Crippen molar-refractivity contribution in [3.63, 3.8) is 0 Å². The molecule has 2 atom stereocenters. The summed E-state index contributed by atoms with van der Waals surface area (Å²) in [6.45, 7) is 3.95. The monoisotopic (exact) mass is 417 g/mol. The fourth-order valence-electron chi connectivity index (χ4n) is 4.33. The van der Waals surface area contributed by atoms with Crippen LogP contribution in [0.3, 0.4) is 0 Å². The minimum absolute atomic E-state index is 0.134. The predicted molar refractivity (Wildman–Crippen MR) is 122 cm³/mol. The SMILES string of the molecule is CCC(=O)C1c2cccc(C)c2NC1(Nc1ccccc1OC)c1ccc(OC)nc1. The normalized spacial score (nSPS) is 19.3. The largest absolute Gasteiger partial charge is 0.495 e. The van der Waals surface area contributed by atoms with Crippen molar-refractivity contribution in [2.45, 2.75) is 31.8 Å². The number of ether oxygens (including phenoxy) is 2. The molecular weight excluding hydrogens is 390 g/mol. The maximum atomic E-state index is 13.4. The van der Waals surface area contributed by atoms with Gasteiger partial charge in [0.05, 0.1) is 25.8 Å². The first-order valence-corrected chi connectivity index (χ1v) is 10.4. The van der Waals surface area contributed by atoms with Gasteiger partial charge < -0.3 is 20.1 Å². The fourth-order valence-corrected chi connectivity index (χ4v) is 4.33. The van der Waals surface area contributed by atoms with Gasteiger partial charge in [0.15, 0.2) is 5.66 Å². The number of nitrogens with zero attached hydrogens (tertiary/aromatic N) is 1. The number of Topliss-reactive ketones (excluding diaryl/α,β-unsaturated/α-hetero) is 1. The van der Waals surface area contributed by atoms with Crippen LogP contribution in [0.2, 0.25) is 0 Å². The van der Waals surface area contributed by atoms with Crippen LogP contribution < -0.4 is 20.1 Å². The Bertz CT molecular complexity index is 1100. The van der Waals surface area contributed by atoms with Gasteiger partial charge in [-0.1, -0.05) is 37.3 Å². The Labute approximate surface area is 182 Å². The highest BCUT2D eigenvalue weighted by molar-refractivity contribution is 5.93. The number of aryl methyl sites for hydroxylation is 1. The molecule has 31 heavy (non-hydrogen) atoms. The van der Waals surface area contributed by atoms with Gasteiger partial charge in [-0.3, -0.25) is 4.79 Å². The van der Waals surface area contributed by atoms with Crippen molar-refractivity contribution in [2.24, 2.45) is 0 Å². The first kappa shape index (κ1) is 20.7. The summed E-state index contributed by atoms with van der Waals surface area (Å²) in [6.07, 6.45) is 2.17. The number of para-hydroxylation sites is 3. The Kier molecular flexibility index (Phi) is 5.55. The van der Waals surface area contributed by atoms with Crippen molar-refractivity contribution in [3.8, 4) is 11.6 Å². The predicted octanol–water partition coefficient (Wildman–Crippen LogP) is 4.86. The molecule has 2 unspecified atom stereocenters. The molecule has 1 aliphatic heterocycles. The van der Waals surface area contributed by atoms with E-state index in [4.69, 9.17) is 9.47 Å². The first-order chi connectivity index (χ1) is 15.0. The van der Waals surface area contributed by atoms with Crippen molar-refractivity contribution in [1.29, 1.82) is 0 Å². The van der Waals surface area contributed by atoms with Crippen LogP contribution in [0, 0.1) is 6.92 Å². The maximum Gasteiger partial charge on any atom is 0.212 e. The number of carbonyl (C=O) groups excluding carboxylic acids is 1. The van der Waals surface area contributed by atoms with Crippen molar-refractivity contribution >= 4 is 17.2 Å². The number of nitrogens with one attached hydrogen (secondary N) is 2. The highest BCUT2D eigenvalue weighted by Crippen LogP contribution is 2.51. The van der Waals surface area contributed by atoms with Crippen LogP contribution >= 0.6 is 0 Å². The molecule has 4 rings (SSSR count). The maximum absolute atomic E-state index is 13.4. The number of anilines is 2. The molecule has 3 aromatic rings. The molecule has 2 heterocycles. The second-order valence-electron chi connectivity index (χ2n) is 7.64. The molecule has 0 bridgehead atoms. The minimum Gasteiger partial charge on any atom is -0.495 e. The Morgan fingerprint density at radius 2 is 1.90 bits per heavy atom. The van der Waals surface area contributed by atoms with Crippen molar-refractivity contribution in [1.82, 2.24) is 4.98 Å². The number of benzene rings is 2. The van der Waals surface area contributed by atoms with Crippen LogP contribution in [0.25, 0.3) is 0 Å². The van der Waals surface area contributed by atoms with E-state index in [0.717, 1.165) is 28.1 Å². The van der Waals surface area contributed by atoms with E-state index in [0.29, 0.717) is 18.1 Å². The molecule has 0 saturated carbocycles. The van der Waals surface area contributed by atoms with Gasteiger partial charge in [0.25, 0.3) is 0 Å². The number of carbonyl (C=O) groups is 1. The van der Waals surface area contributed by atoms with Crippen molar-refractivity contribution in [3.05, 3.63) is 77.5 Å². The molecule has 0 spiro atoms. The van der Waals surface area contributed by atoms with E-state index >= 15 is 0 Å². The Morgan fingerprint density at radius 3 is 2.58 bits per heavy atom. The van der Waals surface area contributed by atoms with E-state index in [1.54, 1.807) is 20.4 Å². The summed E-state index contributed by atoms with van der Waals surface area (Å²) < 4.78 is 10.8. The van der Waals surface area contributed by atoms with Crippen LogP contribution in [0.4, 0.5) is 11.4 Å². The molecule has 160 valence electrons. The zero-order valence-corrected chi connectivity index (χ0v) is 18.2. The topological polar surface area (TPSA) is 72.5 Å². The molecule has 1 aromatic heterocycles. The number of aromatic nitrogens is 1. The van der Waals surface area contributed by atoms with E-state index in [-0.39, 0.29) is 5.78 Å². The lowest BCUT2D eigenvalue weighted by Crippen LogP contribution is -2.47. The van der Waals surface area contributed by atoms with E-state index < -0.39 is 11.6 Å². The second-order valence-corrected chi connectivity index (χ2v) is 7.64. The van der Waals surface area contributed by atoms with Gasteiger partial charge in [-0.15, -0.1) is 0 Å². The lowest BCUT2D eigenvalue weighted by Gasteiger charge is -2.38. The molecule has 0 amide bonds. The van der Waals surface area contributed by atoms with Crippen LogP contribution in [0.1, 0.15) is 36.0 Å². The number of hydrogen-bond acceptors (Lipinski definition) is 6. The van der Waals surface area contributed by atoms with E-state index in [9.17, 15) is 4.79 Å². The Balaban J connectivity index is 1.95. The third-order valence-corrected chi connectivity index (χ3v) is 5.88. The van der Waals surface area contributed by atoms with E-state index in [2.05, 4.69) is 15.6 Å². The highest BCUT2D eigenvalue weighted by Gasteiger charge is 2.51. The zero-order chi connectivity index (χ0) is 22.0. The average molecular weight is 418 g/mol. The number of methoxy groups -OCH3 is 2. The van der Waals surface area contributed by atoms with Gasteiger partial charge in [-0.05, 0) is 36.2 Å². The smallest absolute Gasteiger partial charge is 0.212 e. The average Bonchev–Trinajstić information content (AvgIpc) is 3.15. The lowest BCUT2D eigenvalue weighted by atomic mass is 9.80. The van der Waals surface area contributed by atoms with Gasteiger partial charge in [0.1, 0.15) is 11.5 Å². The van der Waals surface area contributed by atoms with E-state index in [1.807, 2.05) is 68.4 Å². The van der Waals surface area contributed by atoms with Crippen LogP contribution in [-0.2, 0) is 10.5 Å². The minimum atomic E-state index is -0.935. The summed E-state index contributed by atoms with van der Waals surface area (Å²) in [5.41, 5.74) is 3.71. The number of pyridine rings is 1. The molecule has 0 radical (unpaired) electrons. The molecule has 0 fully saturated rings. The molecule has 0 saturated heterocycles. The summed E-state index contributed by atoms with van der Waals surface area (Å²) in [4.78, 5) is 17.8. The molecule has 0 aliphatic carbocycles. The molecular formula is C25H27N3O3. The molecule has 2 aromatic carbocycles. The number of hydrogen-bond donors (Lipinski definition) is 2. The van der Waals surface area contributed by atoms with Crippen LogP contribution in [0.5, 0.6) is 11.6 Å². The van der Waals surface area contributed by atoms with Gasteiger partial charge in [0, 0.05) is 29.9 Å². The van der Waals surface area contributed by atoms with E-state index in [1.165, 1.54) is 0 Å². The molecule has 1 aliphatic rings. The zero-order valence-electron chi connectivity index (χ0n) is 18.2. The van der Waals surface area contributed by atoms with Crippen LogP contribution in [0.15, 0.2) is 60.8 Å². The van der Waals surface area contributed by atoms with Gasteiger partial charge >= 0.3 is 0 Å². The third kappa shape index (κ3) is 3.48. The summed E-state index contributed by atoms with van der Waals surface area (Å²) in [7, 11) is 3.22. The van der Waals surface area contributed by atoms with Gasteiger partial charge in [-0.25, -0.2) is 4.98 Å². The second kappa shape index (κ2) is 8.30. The summed E-state index contributed by atoms with van der Waals surface area (Å²) >= 11 is 0. The molecule has 2 N–H and O–H groups in total. The van der Waals surface area contributed by atoms with Crippen LogP contribution in [-0.4, -0.2) is 25.0 Å². The first-order valence-electron chi connectivity index (χ1n) is 10.4. The Morgan fingerprint density at radius 1 is 1.10 bits per heavy atom.